The molecule has 0 radical (unpaired) electrons. The van der Waals surface area contributed by atoms with Gasteiger partial charge in [0.2, 0.25) is 0 Å². The molecule has 0 saturated carbocycles. The van der Waals surface area contributed by atoms with E-state index in [9.17, 15) is 13.2 Å². The van der Waals surface area contributed by atoms with Gasteiger partial charge in [0.05, 0.1) is 6.61 Å². The molecule has 0 aromatic rings. The molecule has 0 aliphatic rings. The van der Waals surface area contributed by atoms with E-state index in [1.54, 1.807) is 0 Å². The number of rotatable bonds is 6. The van der Waals surface area contributed by atoms with Crippen molar-refractivity contribution < 1.29 is 17.9 Å². The highest BCUT2D eigenvalue weighted by atomic mass is 19.4. The van der Waals surface area contributed by atoms with Crippen LogP contribution in [-0.4, -0.2) is 25.1 Å². The van der Waals surface area contributed by atoms with Crippen LogP contribution in [0.25, 0.3) is 0 Å². The monoisotopic (exact) mass is 213 g/mol. The maximum atomic E-state index is 11.6. The molecule has 1 N–H and O–H groups in total. The van der Waals surface area contributed by atoms with Crippen molar-refractivity contribution in [1.82, 2.24) is 5.32 Å². The van der Waals surface area contributed by atoms with Crippen LogP contribution in [0.4, 0.5) is 13.2 Å². The fourth-order valence-corrected chi connectivity index (χ4v) is 1.02. The van der Waals surface area contributed by atoms with Gasteiger partial charge in [-0.1, -0.05) is 13.8 Å². The number of alkyl halides is 3. The number of hydrogen-bond donors (Lipinski definition) is 1. The Kier molecular flexibility index (Phi) is 5.44. The molecule has 0 unspecified atom stereocenters. The van der Waals surface area contributed by atoms with Gasteiger partial charge in [-0.2, -0.15) is 0 Å². The van der Waals surface area contributed by atoms with Crippen molar-refractivity contribution >= 4 is 0 Å². The van der Waals surface area contributed by atoms with Crippen molar-refractivity contribution in [3.05, 3.63) is 0 Å². The number of nitrogens with one attached hydrogen (secondary N) is 1. The first-order valence-corrected chi connectivity index (χ1v) is 4.78. The molecule has 0 aliphatic heterocycles. The number of hydrogen-bond acceptors (Lipinski definition) is 2. The molecule has 0 aromatic carbocycles. The van der Waals surface area contributed by atoms with Crippen LogP contribution in [0.1, 0.15) is 33.6 Å². The Morgan fingerprint density at radius 2 is 1.64 bits per heavy atom. The second-order valence-electron chi connectivity index (χ2n) is 3.49. The minimum atomic E-state index is -4.52. The molecule has 0 aromatic heterocycles. The van der Waals surface area contributed by atoms with E-state index in [1.165, 1.54) is 0 Å². The second kappa shape index (κ2) is 5.56. The first kappa shape index (κ1) is 13.7. The fourth-order valence-electron chi connectivity index (χ4n) is 1.02. The van der Waals surface area contributed by atoms with Crippen molar-refractivity contribution in [3.63, 3.8) is 0 Å². The summed E-state index contributed by atoms with van der Waals surface area (Å²) < 4.78 is 38.4. The first-order valence-electron chi connectivity index (χ1n) is 4.78. The molecule has 0 fully saturated rings. The molecule has 0 bridgehead atoms. The highest BCUT2D eigenvalue weighted by molar-refractivity contribution is 4.79. The van der Waals surface area contributed by atoms with Crippen LogP contribution in [0.2, 0.25) is 0 Å². The maximum absolute atomic E-state index is 11.6. The quantitative estimate of drug-likeness (QED) is 0.685. The lowest BCUT2D eigenvalue weighted by atomic mass is 9.96. The lowest BCUT2D eigenvalue weighted by molar-refractivity contribution is -0.323. The van der Waals surface area contributed by atoms with Gasteiger partial charge in [0.1, 0.15) is 0 Å². The molecule has 0 amide bonds. The normalized spacial score (nSPS) is 13.3. The van der Waals surface area contributed by atoms with Crippen LogP contribution < -0.4 is 5.32 Å². The predicted octanol–water partition coefficient (Wildman–Crippen LogP) is 2.69. The minimum absolute atomic E-state index is 0.0883. The van der Waals surface area contributed by atoms with E-state index in [-0.39, 0.29) is 18.7 Å². The summed E-state index contributed by atoms with van der Waals surface area (Å²) in [7, 11) is 0. The van der Waals surface area contributed by atoms with Crippen LogP contribution >= 0.6 is 0 Å². The third-order valence-corrected chi connectivity index (χ3v) is 2.48. The van der Waals surface area contributed by atoms with Gasteiger partial charge < -0.3 is 5.32 Å². The summed E-state index contributed by atoms with van der Waals surface area (Å²) in [6.07, 6.45) is -2.75. The van der Waals surface area contributed by atoms with Crippen molar-refractivity contribution in [1.29, 1.82) is 0 Å². The Bertz CT molecular complexity index is 155. The van der Waals surface area contributed by atoms with E-state index < -0.39 is 6.36 Å². The molecule has 86 valence electrons. The summed E-state index contributed by atoms with van der Waals surface area (Å²) in [5.41, 5.74) is -0.0883. The van der Waals surface area contributed by atoms with Crippen LogP contribution in [0.5, 0.6) is 0 Å². The summed E-state index contributed by atoms with van der Waals surface area (Å²) >= 11 is 0. The predicted molar refractivity (Wildman–Crippen MR) is 49.0 cm³/mol. The molecule has 14 heavy (non-hydrogen) atoms. The Balaban J connectivity index is 3.63. The molecule has 0 spiro atoms. The van der Waals surface area contributed by atoms with E-state index in [1.807, 2.05) is 20.8 Å². The second-order valence-corrected chi connectivity index (χ2v) is 3.49. The zero-order valence-corrected chi connectivity index (χ0v) is 8.87. The van der Waals surface area contributed by atoms with Crippen LogP contribution in [0.3, 0.4) is 0 Å². The van der Waals surface area contributed by atoms with Gasteiger partial charge in [0.25, 0.3) is 0 Å². The maximum Gasteiger partial charge on any atom is 0.522 e. The lowest BCUT2D eigenvalue weighted by Crippen LogP contribution is -2.43. The molecule has 5 heteroatoms. The van der Waals surface area contributed by atoms with Gasteiger partial charge in [0, 0.05) is 12.1 Å². The highest BCUT2D eigenvalue weighted by Gasteiger charge is 2.29. The molecule has 0 aliphatic carbocycles. The van der Waals surface area contributed by atoms with E-state index in [2.05, 4.69) is 10.1 Å². The summed E-state index contributed by atoms with van der Waals surface area (Å²) in [4.78, 5) is 0. The third-order valence-electron chi connectivity index (χ3n) is 2.48. The van der Waals surface area contributed by atoms with Gasteiger partial charge in [-0.05, 0) is 19.8 Å². The van der Waals surface area contributed by atoms with Gasteiger partial charge >= 0.3 is 6.36 Å². The standard InChI is InChI=1S/C9H18F3NO/c1-4-8(3,5-2)13-6-7-14-9(10,11)12/h13H,4-7H2,1-3H3. The van der Waals surface area contributed by atoms with E-state index in [4.69, 9.17) is 0 Å². The SMILES string of the molecule is CCC(C)(CC)NCCOC(F)(F)F. The van der Waals surface area contributed by atoms with Crippen LogP contribution in [-0.2, 0) is 4.74 Å². The Labute approximate surface area is 82.8 Å². The largest absolute Gasteiger partial charge is 0.522 e. The molecular weight excluding hydrogens is 195 g/mol. The number of halogens is 3. The van der Waals surface area contributed by atoms with Gasteiger partial charge in [-0.25, -0.2) is 0 Å². The van der Waals surface area contributed by atoms with Crippen molar-refractivity contribution in [2.24, 2.45) is 0 Å². The summed E-state index contributed by atoms with van der Waals surface area (Å²) in [6, 6.07) is 0. The van der Waals surface area contributed by atoms with Crippen LogP contribution in [0.15, 0.2) is 0 Å². The van der Waals surface area contributed by atoms with Gasteiger partial charge in [-0.3, -0.25) is 4.74 Å². The smallest absolute Gasteiger partial charge is 0.309 e. The Morgan fingerprint density at radius 1 is 1.14 bits per heavy atom. The van der Waals surface area contributed by atoms with Gasteiger partial charge in [-0.15, -0.1) is 13.2 Å². The molecule has 0 rings (SSSR count). The molecule has 0 saturated heterocycles. The topological polar surface area (TPSA) is 21.3 Å². The summed E-state index contributed by atoms with van der Waals surface area (Å²) in [6.45, 7) is 5.87. The van der Waals surface area contributed by atoms with Crippen molar-refractivity contribution in [2.45, 2.75) is 45.5 Å². The highest BCUT2D eigenvalue weighted by Crippen LogP contribution is 2.16. The van der Waals surface area contributed by atoms with Crippen molar-refractivity contribution in [2.75, 3.05) is 13.2 Å². The van der Waals surface area contributed by atoms with Crippen molar-refractivity contribution in [3.8, 4) is 0 Å². The molecule has 0 atom stereocenters. The zero-order chi connectivity index (χ0) is 11.2. The third kappa shape index (κ3) is 6.21. The Morgan fingerprint density at radius 3 is 2.00 bits per heavy atom. The summed E-state index contributed by atoms with van der Waals surface area (Å²) in [5.74, 6) is 0. The molecule has 0 heterocycles. The average molecular weight is 213 g/mol. The van der Waals surface area contributed by atoms with E-state index in [0.29, 0.717) is 0 Å². The Hall–Kier alpha value is -0.290. The van der Waals surface area contributed by atoms with Crippen LogP contribution in [0, 0.1) is 0 Å². The molecule has 2 nitrogen and oxygen atoms in total. The lowest BCUT2D eigenvalue weighted by Gasteiger charge is -2.28. The van der Waals surface area contributed by atoms with E-state index in [0.717, 1.165) is 12.8 Å². The molecular formula is C9H18F3NO. The zero-order valence-electron chi connectivity index (χ0n) is 8.87. The first-order chi connectivity index (χ1) is 6.33. The summed E-state index contributed by atoms with van der Waals surface area (Å²) in [5, 5.41) is 3.04. The van der Waals surface area contributed by atoms with E-state index >= 15 is 0 Å². The minimum Gasteiger partial charge on any atom is -0.309 e. The number of ether oxygens (including phenoxy) is 1. The average Bonchev–Trinajstić information content (AvgIpc) is 2.11. The fraction of sp³-hybridized carbons (Fsp3) is 1.00. The van der Waals surface area contributed by atoms with Gasteiger partial charge in [0.15, 0.2) is 0 Å².